The third-order valence-corrected chi connectivity index (χ3v) is 6.28. The summed E-state index contributed by atoms with van der Waals surface area (Å²) in [5, 5.41) is 0. The van der Waals surface area contributed by atoms with E-state index in [0.717, 1.165) is 0 Å². The summed E-state index contributed by atoms with van der Waals surface area (Å²) < 4.78 is 0.597. The van der Waals surface area contributed by atoms with Crippen LogP contribution in [0.4, 0.5) is 0 Å². The van der Waals surface area contributed by atoms with Crippen LogP contribution in [0.15, 0.2) is 36.4 Å². The molecule has 0 nitrogen and oxygen atoms in total. The van der Waals surface area contributed by atoms with Crippen molar-refractivity contribution in [1.29, 1.82) is 0 Å². The van der Waals surface area contributed by atoms with Gasteiger partial charge < -0.3 is 0 Å². The Hall–Kier alpha value is -0.677. The van der Waals surface area contributed by atoms with Gasteiger partial charge in [0.1, 0.15) is 0 Å². The average molecular weight is 369 g/mol. The second-order valence-electron chi connectivity index (χ2n) is 8.54. The first-order chi connectivity index (χ1) is 10.1. The van der Waals surface area contributed by atoms with Gasteiger partial charge >= 0.3 is 150 Å². The number of rotatable bonds is 0. The Labute approximate surface area is 150 Å². The molecule has 1 aliphatic rings. The van der Waals surface area contributed by atoms with E-state index < -0.39 is 0 Å². The molecular weight excluding hydrogens is 343 g/mol. The Morgan fingerprint density at radius 2 is 1.05 bits per heavy atom. The number of benzene rings is 2. The van der Waals surface area contributed by atoms with Crippen molar-refractivity contribution < 1.29 is 24.7 Å². The molecule has 0 aromatic heterocycles. The Bertz CT molecular complexity index is 663. The quantitative estimate of drug-likeness (QED) is 0.543. The van der Waals surface area contributed by atoms with Crippen molar-refractivity contribution in [3.8, 4) is 11.1 Å². The molecule has 0 fully saturated rings. The molecule has 0 saturated carbocycles. The van der Waals surface area contributed by atoms with E-state index in [9.17, 15) is 0 Å². The van der Waals surface area contributed by atoms with Gasteiger partial charge in [0.25, 0.3) is 0 Å². The van der Waals surface area contributed by atoms with Crippen LogP contribution < -0.4 is 0 Å². The third kappa shape index (κ3) is 2.67. The van der Waals surface area contributed by atoms with Crippen LogP contribution in [0.5, 0.6) is 0 Å². The molecule has 0 saturated heterocycles. The fraction of sp³-hybridized carbons (Fsp3) is 0.429. The van der Waals surface area contributed by atoms with Gasteiger partial charge in [-0.3, -0.25) is 0 Å². The van der Waals surface area contributed by atoms with Crippen molar-refractivity contribution in [2.75, 3.05) is 0 Å². The van der Waals surface area contributed by atoms with E-state index in [1.165, 1.54) is 33.4 Å². The van der Waals surface area contributed by atoms with Gasteiger partial charge in [0.2, 0.25) is 0 Å². The van der Waals surface area contributed by atoms with Crippen LogP contribution in [0.25, 0.3) is 11.1 Å². The monoisotopic (exact) mass is 367 g/mol. The normalized spacial score (nSPS) is 14.8. The van der Waals surface area contributed by atoms with Crippen LogP contribution in [-0.2, 0) is 35.5 Å². The first-order valence-corrected chi connectivity index (χ1v) is 9.51. The van der Waals surface area contributed by atoms with E-state index in [-0.39, 0.29) is 10.8 Å². The van der Waals surface area contributed by atoms with Crippen LogP contribution in [0.3, 0.4) is 0 Å². The molecular formula is C21H25Zr. The summed E-state index contributed by atoms with van der Waals surface area (Å²) in [4.78, 5) is 0. The van der Waals surface area contributed by atoms with Gasteiger partial charge in [-0.1, -0.05) is 0 Å². The van der Waals surface area contributed by atoms with E-state index in [0.29, 0.717) is 3.63 Å². The van der Waals surface area contributed by atoms with Crippen molar-refractivity contribution in [2.45, 2.75) is 56.0 Å². The van der Waals surface area contributed by atoms with Crippen molar-refractivity contribution in [2.24, 2.45) is 0 Å². The molecule has 2 aromatic carbocycles. The summed E-state index contributed by atoms with van der Waals surface area (Å²) in [7, 11) is 0. The Balaban J connectivity index is 2.21. The van der Waals surface area contributed by atoms with E-state index in [4.69, 9.17) is 0 Å². The zero-order chi connectivity index (χ0) is 16.3. The third-order valence-electron chi connectivity index (χ3n) is 4.75. The van der Waals surface area contributed by atoms with Crippen LogP contribution in [0.2, 0.25) is 0 Å². The summed E-state index contributed by atoms with van der Waals surface area (Å²) in [6.07, 6.45) is 0. The van der Waals surface area contributed by atoms with Crippen molar-refractivity contribution in [3.05, 3.63) is 58.7 Å². The summed E-state index contributed by atoms with van der Waals surface area (Å²) in [6.45, 7) is 13.8. The zero-order valence-corrected chi connectivity index (χ0v) is 17.0. The molecule has 0 amide bonds. The van der Waals surface area contributed by atoms with Crippen LogP contribution in [0, 0.1) is 0 Å². The van der Waals surface area contributed by atoms with Gasteiger partial charge in [-0.2, -0.15) is 0 Å². The first-order valence-electron chi connectivity index (χ1n) is 8.09. The van der Waals surface area contributed by atoms with Crippen molar-refractivity contribution >= 4 is 0 Å². The molecule has 0 atom stereocenters. The van der Waals surface area contributed by atoms with Gasteiger partial charge in [-0.05, 0) is 0 Å². The number of hydrogen-bond donors (Lipinski definition) is 0. The summed E-state index contributed by atoms with van der Waals surface area (Å²) >= 11 is 1.59. The molecule has 3 rings (SSSR count). The molecule has 1 aliphatic carbocycles. The topological polar surface area (TPSA) is 0 Å². The van der Waals surface area contributed by atoms with Gasteiger partial charge in [-0.25, -0.2) is 0 Å². The van der Waals surface area contributed by atoms with Crippen molar-refractivity contribution in [3.63, 3.8) is 0 Å². The summed E-state index contributed by atoms with van der Waals surface area (Å²) in [5.41, 5.74) is 9.25. The molecule has 2 aromatic rings. The minimum atomic E-state index is 0.204. The standard InChI is InChI=1S/C21H25.Zr/c1-20(2,3)16-9-7-14-11-15-8-10-17(21(4,5)6)13-19(15)18(14)12-16;/h7-13H,1-6H3;. The van der Waals surface area contributed by atoms with Crippen molar-refractivity contribution in [1.82, 2.24) is 0 Å². The van der Waals surface area contributed by atoms with E-state index in [2.05, 4.69) is 77.9 Å². The van der Waals surface area contributed by atoms with Crippen LogP contribution >= 0.6 is 0 Å². The van der Waals surface area contributed by atoms with Gasteiger partial charge in [-0.15, -0.1) is 0 Å². The average Bonchev–Trinajstić information content (AvgIpc) is 2.70. The maximum atomic E-state index is 2.44. The number of fused-ring (bicyclic) bond motifs is 3. The fourth-order valence-corrected chi connectivity index (χ4v) is 4.42. The van der Waals surface area contributed by atoms with E-state index in [1.807, 2.05) is 0 Å². The first kappa shape index (κ1) is 16.2. The Kier molecular flexibility index (Phi) is 3.80. The Morgan fingerprint density at radius 1 is 0.682 bits per heavy atom. The Morgan fingerprint density at radius 3 is 1.36 bits per heavy atom. The molecule has 1 heteroatoms. The second kappa shape index (κ2) is 5.17. The minimum absolute atomic E-state index is 0.204. The molecule has 113 valence electrons. The maximum absolute atomic E-state index is 2.44. The van der Waals surface area contributed by atoms with Gasteiger partial charge in [0, 0.05) is 0 Å². The summed E-state index contributed by atoms with van der Waals surface area (Å²) in [6, 6.07) is 14.3. The summed E-state index contributed by atoms with van der Waals surface area (Å²) in [5.74, 6) is 0. The predicted molar refractivity (Wildman–Crippen MR) is 91.1 cm³/mol. The molecule has 0 unspecified atom stereocenters. The molecule has 0 radical (unpaired) electrons. The molecule has 0 aliphatic heterocycles. The number of hydrogen-bond acceptors (Lipinski definition) is 0. The molecule has 0 bridgehead atoms. The fourth-order valence-electron chi connectivity index (χ4n) is 3.18. The van der Waals surface area contributed by atoms with E-state index in [1.54, 1.807) is 24.7 Å². The molecule has 0 spiro atoms. The molecule has 0 heterocycles. The zero-order valence-electron chi connectivity index (χ0n) is 14.5. The van der Waals surface area contributed by atoms with Gasteiger partial charge in [0.15, 0.2) is 0 Å². The van der Waals surface area contributed by atoms with Crippen LogP contribution in [-0.4, -0.2) is 0 Å². The van der Waals surface area contributed by atoms with E-state index >= 15 is 0 Å². The predicted octanol–water partition coefficient (Wildman–Crippen LogP) is 5.90. The molecule has 0 N–H and O–H groups in total. The van der Waals surface area contributed by atoms with Gasteiger partial charge in [0.05, 0.1) is 0 Å². The van der Waals surface area contributed by atoms with Crippen LogP contribution in [0.1, 0.15) is 67.4 Å². The molecule has 22 heavy (non-hydrogen) atoms. The second-order valence-corrected chi connectivity index (χ2v) is 9.96. The SMILES string of the molecule is CC(C)(C)c1ccc2c(c1)-c1cc(C(C)(C)C)ccc1[CH]2[Zr].